The molecule has 0 aliphatic carbocycles. The molecule has 4 heteroatoms. The van der Waals surface area contributed by atoms with Crippen LogP contribution in [0.5, 0.6) is 0 Å². The predicted octanol–water partition coefficient (Wildman–Crippen LogP) is 2.35. The Hall–Kier alpha value is -1.32. The molecule has 0 fully saturated rings. The highest BCUT2D eigenvalue weighted by Gasteiger charge is 2.18. The molecular formula is C13H23NO3. The van der Waals surface area contributed by atoms with E-state index in [2.05, 4.69) is 5.32 Å². The van der Waals surface area contributed by atoms with E-state index in [4.69, 9.17) is 5.11 Å². The van der Waals surface area contributed by atoms with E-state index in [9.17, 15) is 9.59 Å². The average Bonchev–Trinajstić information content (AvgIpc) is 2.13. The lowest BCUT2D eigenvalue weighted by molar-refractivity contribution is -0.137. The maximum Gasteiger partial charge on any atom is 0.303 e. The fourth-order valence-corrected chi connectivity index (χ4v) is 1.41. The summed E-state index contributed by atoms with van der Waals surface area (Å²) in [4.78, 5) is 21.8. The molecule has 0 rings (SSSR count). The first-order valence-corrected chi connectivity index (χ1v) is 5.87. The highest BCUT2D eigenvalue weighted by molar-refractivity contribution is 5.87. The molecule has 98 valence electrons. The van der Waals surface area contributed by atoms with Crippen molar-refractivity contribution < 1.29 is 14.7 Å². The number of carbonyl (C=O) groups excluding carboxylic acids is 1. The summed E-state index contributed by atoms with van der Waals surface area (Å²) in [7, 11) is 0. The zero-order valence-corrected chi connectivity index (χ0v) is 11.2. The van der Waals surface area contributed by atoms with Crippen molar-refractivity contribution in [1.29, 1.82) is 0 Å². The number of nitrogens with one attached hydrogen (secondary N) is 1. The molecule has 0 heterocycles. The van der Waals surface area contributed by atoms with Gasteiger partial charge in [0.05, 0.1) is 0 Å². The molecule has 2 N–H and O–H groups in total. The van der Waals surface area contributed by atoms with Crippen molar-refractivity contribution in [2.45, 2.75) is 47.0 Å². The number of carboxylic acids is 1. The maximum absolute atomic E-state index is 11.3. The first-order chi connectivity index (χ1) is 7.73. The van der Waals surface area contributed by atoms with Gasteiger partial charge in [-0.25, -0.2) is 0 Å². The Labute approximate surface area is 103 Å². The van der Waals surface area contributed by atoms with Gasteiger partial charge in [0, 0.05) is 19.0 Å². The third kappa shape index (κ3) is 9.60. The van der Waals surface area contributed by atoms with Gasteiger partial charge in [-0.3, -0.25) is 9.59 Å². The molecule has 0 atom stereocenters. The first-order valence-electron chi connectivity index (χ1n) is 5.87. The summed E-state index contributed by atoms with van der Waals surface area (Å²) in [6, 6.07) is 0. The standard InChI is InChI=1S/C13H23NO3/c1-10(2)9-11(15)14-8-7-13(3,4)6-5-12(16)17/h9H,5-8H2,1-4H3,(H,14,15)(H,16,17). The highest BCUT2D eigenvalue weighted by Crippen LogP contribution is 2.25. The Morgan fingerprint density at radius 1 is 1.24 bits per heavy atom. The normalized spacial score (nSPS) is 10.8. The number of rotatable bonds is 7. The third-order valence-electron chi connectivity index (χ3n) is 2.54. The second-order valence-electron chi connectivity index (χ2n) is 5.32. The molecular weight excluding hydrogens is 218 g/mol. The minimum absolute atomic E-state index is 0.0589. The molecule has 17 heavy (non-hydrogen) atoms. The van der Waals surface area contributed by atoms with Crippen LogP contribution in [0.4, 0.5) is 0 Å². The van der Waals surface area contributed by atoms with Crippen LogP contribution in [0.3, 0.4) is 0 Å². The molecule has 0 spiro atoms. The lowest BCUT2D eigenvalue weighted by atomic mass is 9.84. The molecule has 0 bridgehead atoms. The Bertz CT molecular complexity index is 302. The van der Waals surface area contributed by atoms with Crippen LogP contribution in [0.25, 0.3) is 0 Å². The van der Waals surface area contributed by atoms with Crippen LogP contribution >= 0.6 is 0 Å². The first kappa shape index (κ1) is 15.7. The number of hydrogen-bond acceptors (Lipinski definition) is 2. The zero-order valence-electron chi connectivity index (χ0n) is 11.2. The van der Waals surface area contributed by atoms with Gasteiger partial charge in [0.1, 0.15) is 0 Å². The number of carbonyl (C=O) groups is 2. The fourth-order valence-electron chi connectivity index (χ4n) is 1.41. The van der Waals surface area contributed by atoms with E-state index >= 15 is 0 Å². The van der Waals surface area contributed by atoms with Crippen molar-refractivity contribution in [3.8, 4) is 0 Å². The van der Waals surface area contributed by atoms with Crippen molar-refractivity contribution >= 4 is 11.9 Å². The minimum Gasteiger partial charge on any atom is -0.481 e. The van der Waals surface area contributed by atoms with Crippen LogP contribution in [-0.4, -0.2) is 23.5 Å². The largest absolute Gasteiger partial charge is 0.481 e. The Balaban J connectivity index is 3.90. The SMILES string of the molecule is CC(C)=CC(=O)NCCC(C)(C)CCC(=O)O. The van der Waals surface area contributed by atoms with Gasteiger partial charge >= 0.3 is 5.97 Å². The van der Waals surface area contributed by atoms with Crippen LogP contribution in [0, 0.1) is 5.41 Å². The maximum atomic E-state index is 11.3. The number of carboxylic acid groups (broad SMARTS) is 1. The summed E-state index contributed by atoms with van der Waals surface area (Å²) >= 11 is 0. The Kier molecular flexibility index (Phi) is 6.54. The van der Waals surface area contributed by atoms with Crippen molar-refractivity contribution in [2.75, 3.05) is 6.54 Å². The lowest BCUT2D eigenvalue weighted by Crippen LogP contribution is -2.27. The van der Waals surface area contributed by atoms with E-state index in [0.29, 0.717) is 13.0 Å². The van der Waals surface area contributed by atoms with Gasteiger partial charge in [0.15, 0.2) is 0 Å². The van der Waals surface area contributed by atoms with Crippen LogP contribution in [0.2, 0.25) is 0 Å². The predicted molar refractivity (Wildman–Crippen MR) is 67.7 cm³/mol. The van der Waals surface area contributed by atoms with E-state index in [1.165, 1.54) is 0 Å². The molecule has 0 aliphatic rings. The van der Waals surface area contributed by atoms with E-state index in [1.54, 1.807) is 6.08 Å². The molecule has 0 aromatic rings. The van der Waals surface area contributed by atoms with Crippen molar-refractivity contribution in [3.05, 3.63) is 11.6 Å². The number of aliphatic carboxylic acids is 1. The molecule has 1 amide bonds. The van der Waals surface area contributed by atoms with E-state index in [0.717, 1.165) is 12.0 Å². The van der Waals surface area contributed by atoms with E-state index in [-0.39, 0.29) is 17.7 Å². The summed E-state index contributed by atoms with van der Waals surface area (Å²) in [6.07, 6.45) is 3.14. The van der Waals surface area contributed by atoms with Gasteiger partial charge in [-0.2, -0.15) is 0 Å². The van der Waals surface area contributed by atoms with Gasteiger partial charge in [0.25, 0.3) is 0 Å². The number of amides is 1. The van der Waals surface area contributed by atoms with Crippen molar-refractivity contribution in [3.63, 3.8) is 0 Å². The van der Waals surface area contributed by atoms with Crippen LogP contribution in [0.1, 0.15) is 47.0 Å². The van der Waals surface area contributed by atoms with Crippen molar-refractivity contribution in [2.24, 2.45) is 5.41 Å². The number of allylic oxidation sites excluding steroid dienone is 1. The topological polar surface area (TPSA) is 66.4 Å². The van der Waals surface area contributed by atoms with E-state index in [1.807, 2.05) is 27.7 Å². The molecule has 0 saturated carbocycles. The summed E-state index contributed by atoms with van der Waals surface area (Å²) in [5.41, 5.74) is 0.907. The molecule has 4 nitrogen and oxygen atoms in total. The monoisotopic (exact) mass is 241 g/mol. The highest BCUT2D eigenvalue weighted by atomic mass is 16.4. The quantitative estimate of drug-likeness (QED) is 0.672. The van der Waals surface area contributed by atoms with Gasteiger partial charge in [-0.1, -0.05) is 19.4 Å². The molecule has 0 aromatic carbocycles. The van der Waals surface area contributed by atoms with Crippen LogP contribution in [-0.2, 0) is 9.59 Å². The smallest absolute Gasteiger partial charge is 0.303 e. The average molecular weight is 241 g/mol. The Morgan fingerprint density at radius 3 is 2.29 bits per heavy atom. The molecule has 0 radical (unpaired) electrons. The molecule has 0 aliphatic heterocycles. The van der Waals surface area contributed by atoms with E-state index < -0.39 is 5.97 Å². The summed E-state index contributed by atoms with van der Waals surface area (Å²) in [5.74, 6) is -0.856. The summed E-state index contributed by atoms with van der Waals surface area (Å²) < 4.78 is 0. The molecule has 0 unspecified atom stereocenters. The zero-order chi connectivity index (χ0) is 13.5. The summed E-state index contributed by atoms with van der Waals surface area (Å²) in [6.45, 7) is 8.36. The Morgan fingerprint density at radius 2 is 1.82 bits per heavy atom. The van der Waals surface area contributed by atoms with Gasteiger partial charge in [-0.15, -0.1) is 0 Å². The second-order valence-corrected chi connectivity index (χ2v) is 5.32. The van der Waals surface area contributed by atoms with Crippen molar-refractivity contribution in [1.82, 2.24) is 5.32 Å². The lowest BCUT2D eigenvalue weighted by Gasteiger charge is -2.23. The number of hydrogen-bond donors (Lipinski definition) is 2. The van der Waals surface area contributed by atoms with Crippen LogP contribution in [0.15, 0.2) is 11.6 Å². The summed E-state index contributed by atoms with van der Waals surface area (Å²) in [5, 5.41) is 11.4. The fraction of sp³-hybridized carbons (Fsp3) is 0.692. The van der Waals surface area contributed by atoms with Crippen LogP contribution < -0.4 is 5.32 Å². The molecule has 0 saturated heterocycles. The second kappa shape index (κ2) is 7.09. The minimum atomic E-state index is -0.772. The van der Waals surface area contributed by atoms with Gasteiger partial charge in [-0.05, 0) is 32.1 Å². The third-order valence-corrected chi connectivity index (χ3v) is 2.54. The molecule has 0 aromatic heterocycles. The van der Waals surface area contributed by atoms with Gasteiger partial charge in [0.2, 0.25) is 5.91 Å². The van der Waals surface area contributed by atoms with Gasteiger partial charge < -0.3 is 10.4 Å².